The summed E-state index contributed by atoms with van der Waals surface area (Å²) in [4.78, 5) is 14.8. The number of benzene rings is 2. The Hall–Kier alpha value is -1.73. The summed E-state index contributed by atoms with van der Waals surface area (Å²) >= 11 is 18.7. The largest absolute Gasteiger partial charge is 0.497 e. The highest BCUT2D eigenvalue weighted by Gasteiger charge is 2.35. The molecular formula is C18H13Cl2NO3S2. The molecule has 1 heterocycles. The zero-order valence-electron chi connectivity index (χ0n) is 13.8. The molecule has 1 saturated heterocycles. The van der Waals surface area contributed by atoms with Gasteiger partial charge < -0.3 is 9.47 Å². The van der Waals surface area contributed by atoms with Crippen molar-refractivity contribution in [1.82, 2.24) is 0 Å². The van der Waals surface area contributed by atoms with Crippen molar-refractivity contribution < 1.29 is 14.3 Å². The van der Waals surface area contributed by atoms with E-state index in [9.17, 15) is 4.79 Å². The van der Waals surface area contributed by atoms with Crippen molar-refractivity contribution in [3.05, 3.63) is 56.9 Å². The van der Waals surface area contributed by atoms with E-state index in [1.807, 2.05) is 0 Å². The van der Waals surface area contributed by atoms with E-state index in [1.165, 1.54) is 23.8 Å². The van der Waals surface area contributed by atoms with Crippen LogP contribution in [0.5, 0.6) is 11.5 Å². The second-order valence-electron chi connectivity index (χ2n) is 5.22. The smallest absolute Gasteiger partial charge is 0.270 e. The average Bonchev–Trinajstić information content (AvgIpc) is 2.90. The quantitative estimate of drug-likeness (QED) is 0.483. The topological polar surface area (TPSA) is 38.8 Å². The number of hydrogen-bond acceptors (Lipinski definition) is 5. The number of anilines is 1. The number of nitrogens with zero attached hydrogens (tertiary/aromatic N) is 1. The Labute approximate surface area is 170 Å². The standard InChI is InChI=1S/C18H13Cl2NO3S2/c1-23-12-5-6-14(15(9-12)24-2)21-17(22)16(26-18(21)25)7-10-3-4-11(19)8-13(10)20/h3-9H,1-2H3. The molecule has 1 fully saturated rings. The molecule has 1 amide bonds. The fourth-order valence-electron chi connectivity index (χ4n) is 2.40. The number of thiocarbonyl (C=S) groups is 1. The first kappa shape index (κ1) is 19.0. The van der Waals surface area contributed by atoms with Gasteiger partial charge in [0.25, 0.3) is 5.91 Å². The van der Waals surface area contributed by atoms with E-state index in [1.54, 1.807) is 49.6 Å². The second-order valence-corrected chi connectivity index (χ2v) is 7.74. The van der Waals surface area contributed by atoms with Crippen molar-refractivity contribution in [3.8, 4) is 11.5 Å². The monoisotopic (exact) mass is 425 g/mol. The average molecular weight is 426 g/mol. The van der Waals surface area contributed by atoms with Gasteiger partial charge in [-0.25, -0.2) is 0 Å². The number of halogens is 2. The highest BCUT2D eigenvalue weighted by atomic mass is 35.5. The predicted molar refractivity (Wildman–Crippen MR) is 112 cm³/mol. The highest BCUT2D eigenvalue weighted by Crippen LogP contribution is 2.41. The summed E-state index contributed by atoms with van der Waals surface area (Å²) < 4.78 is 11.0. The number of carbonyl (C=O) groups is 1. The molecule has 8 heteroatoms. The van der Waals surface area contributed by atoms with Crippen LogP contribution in [0.15, 0.2) is 41.3 Å². The van der Waals surface area contributed by atoms with Crippen molar-refractivity contribution in [3.63, 3.8) is 0 Å². The number of carbonyl (C=O) groups excluding carboxylic acids is 1. The van der Waals surface area contributed by atoms with E-state index >= 15 is 0 Å². The van der Waals surface area contributed by atoms with Gasteiger partial charge in [-0.2, -0.15) is 0 Å². The van der Waals surface area contributed by atoms with Crippen LogP contribution in [0.2, 0.25) is 10.0 Å². The predicted octanol–water partition coefficient (Wildman–Crippen LogP) is 5.42. The van der Waals surface area contributed by atoms with Crippen LogP contribution in [0.3, 0.4) is 0 Å². The Bertz CT molecular complexity index is 931. The third-order valence-corrected chi connectivity index (χ3v) is 5.54. The van der Waals surface area contributed by atoms with Gasteiger partial charge in [0.2, 0.25) is 0 Å². The summed E-state index contributed by atoms with van der Waals surface area (Å²) in [6.45, 7) is 0. The SMILES string of the molecule is COc1ccc(N2C(=O)C(=Cc3ccc(Cl)cc3Cl)SC2=S)c(OC)c1. The molecule has 0 saturated carbocycles. The Morgan fingerprint density at radius 3 is 2.54 bits per heavy atom. The lowest BCUT2D eigenvalue weighted by atomic mass is 10.2. The molecule has 1 aliphatic rings. The van der Waals surface area contributed by atoms with Gasteiger partial charge in [-0.1, -0.05) is 53.2 Å². The van der Waals surface area contributed by atoms with E-state index in [4.69, 9.17) is 44.9 Å². The molecule has 2 aromatic carbocycles. The number of amides is 1. The molecule has 2 aromatic rings. The molecule has 0 spiro atoms. The first-order valence-electron chi connectivity index (χ1n) is 7.39. The summed E-state index contributed by atoms with van der Waals surface area (Å²) in [5.74, 6) is 0.875. The van der Waals surface area contributed by atoms with Crippen LogP contribution in [-0.2, 0) is 4.79 Å². The Morgan fingerprint density at radius 1 is 1.12 bits per heavy atom. The summed E-state index contributed by atoms with van der Waals surface area (Å²) in [5.41, 5.74) is 1.25. The molecule has 0 atom stereocenters. The molecule has 0 unspecified atom stereocenters. The maximum atomic E-state index is 12.9. The van der Waals surface area contributed by atoms with Gasteiger partial charge in [-0.3, -0.25) is 9.69 Å². The first-order valence-corrected chi connectivity index (χ1v) is 9.37. The zero-order chi connectivity index (χ0) is 18.8. The van der Waals surface area contributed by atoms with E-state index < -0.39 is 0 Å². The van der Waals surface area contributed by atoms with Crippen LogP contribution in [0.25, 0.3) is 6.08 Å². The van der Waals surface area contributed by atoms with Crippen molar-refractivity contribution >= 4 is 69.2 Å². The van der Waals surface area contributed by atoms with Crippen molar-refractivity contribution in [2.75, 3.05) is 19.1 Å². The van der Waals surface area contributed by atoms with Crippen molar-refractivity contribution in [1.29, 1.82) is 0 Å². The molecule has 1 aliphatic heterocycles. The normalized spacial score (nSPS) is 15.7. The summed E-state index contributed by atoms with van der Waals surface area (Å²) in [5, 5.41) is 0.993. The van der Waals surface area contributed by atoms with Gasteiger partial charge in [0.1, 0.15) is 11.5 Å². The van der Waals surface area contributed by atoms with Gasteiger partial charge in [0.05, 0.1) is 24.8 Å². The lowest BCUT2D eigenvalue weighted by molar-refractivity contribution is -0.113. The fraction of sp³-hybridized carbons (Fsp3) is 0.111. The second kappa shape index (κ2) is 7.88. The maximum absolute atomic E-state index is 12.9. The minimum atomic E-state index is -0.241. The minimum Gasteiger partial charge on any atom is -0.497 e. The van der Waals surface area contributed by atoms with E-state index in [2.05, 4.69) is 0 Å². The molecule has 3 rings (SSSR count). The third kappa shape index (κ3) is 3.69. The molecule has 4 nitrogen and oxygen atoms in total. The van der Waals surface area contributed by atoms with E-state index in [-0.39, 0.29) is 5.91 Å². The lowest BCUT2D eigenvalue weighted by Gasteiger charge is -2.18. The zero-order valence-corrected chi connectivity index (χ0v) is 16.9. The number of methoxy groups -OCH3 is 2. The Kier molecular flexibility index (Phi) is 5.77. The molecule has 0 N–H and O–H groups in total. The summed E-state index contributed by atoms with van der Waals surface area (Å²) in [6, 6.07) is 10.3. The van der Waals surface area contributed by atoms with Gasteiger partial charge >= 0.3 is 0 Å². The number of hydrogen-bond donors (Lipinski definition) is 0. The number of thioether (sulfide) groups is 1. The summed E-state index contributed by atoms with van der Waals surface area (Å²) in [7, 11) is 3.09. The van der Waals surface area contributed by atoms with E-state index in [0.717, 1.165) is 0 Å². The highest BCUT2D eigenvalue weighted by molar-refractivity contribution is 8.27. The number of ether oxygens (including phenoxy) is 2. The summed E-state index contributed by atoms with van der Waals surface area (Å²) in [6.07, 6.45) is 1.70. The van der Waals surface area contributed by atoms with Crippen LogP contribution >= 0.6 is 47.2 Å². The van der Waals surface area contributed by atoms with Gasteiger partial charge in [0.15, 0.2) is 4.32 Å². The Morgan fingerprint density at radius 2 is 1.88 bits per heavy atom. The number of rotatable bonds is 4. The van der Waals surface area contributed by atoms with Gasteiger partial charge in [0, 0.05) is 16.1 Å². The Balaban J connectivity index is 1.98. The molecule has 0 aliphatic carbocycles. The van der Waals surface area contributed by atoms with E-state index in [0.29, 0.717) is 42.0 Å². The maximum Gasteiger partial charge on any atom is 0.270 e. The molecule has 0 radical (unpaired) electrons. The first-order chi connectivity index (χ1) is 12.4. The van der Waals surface area contributed by atoms with Crippen LogP contribution in [-0.4, -0.2) is 24.4 Å². The molecule has 134 valence electrons. The van der Waals surface area contributed by atoms with Gasteiger partial charge in [-0.15, -0.1) is 0 Å². The molecule has 0 aromatic heterocycles. The molecule has 0 bridgehead atoms. The van der Waals surface area contributed by atoms with Crippen LogP contribution in [0, 0.1) is 0 Å². The van der Waals surface area contributed by atoms with Crippen LogP contribution in [0.1, 0.15) is 5.56 Å². The van der Waals surface area contributed by atoms with Crippen molar-refractivity contribution in [2.45, 2.75) is 0 Å². The van der Waals surface area contributed by atoms with Crippen LogP contribution in [0.4, 0.5) is 5.69 Å². The fourth-order valence-corrected chi connectivity index (χ4v) is 4.14. The van der Waals surface area contributed by atoms with Crippen LogP contribution < -0.4 is 14.4 Å². The minimum absolute atomic E-state index is 0.241. The lowest BCUT2D eigenvalue weighted by Crippen LogP contribution is -2.27. The third-order valence-electron chi connectivity index (χ3n) is 3.67. The van der Waals surface area contributed by atoms with Crippen molar-refractivity contribution in [2.24, 2.45) is 0 Å². The molecule has 26 heavy (non-hydrogen) atoms. The van der Waals surface area contributed by atoms with Gasteiger partial charge in [-0.05, 0) is 35.9 Å². The molecular weight excluding hydrogens is 413 g/mol.